The van der Waals surface area contributed by atoms with Gasteiger partial charge in [0.05, 0.1) is 21.5 Å². The molecule has 0 unspecified atom stereocenters. The van der Waals surface area contributed by atoms with Crippen LogP contribution in [0.4, 0.5) is 4.39 Å². The van der Waals surface area contributed by atoms with Crippen LogP contribution in [0.3, 0.4) is 0 Å². The van der Waals surface area contributed by atoms with Crippen molar-refractivity contribution in [3.05, 3.63) is 59.5 Å². The number of aryl methyl sites for hydroxylation is 1. The zero-order valence-corrected chi connectivity index (χ0v) is 16.5. The molecule has 0 amide bonds. The normalized spacial score (nSPS) is 15.6. The molecule has 1 aliphatic heterocycles. The third-order valence-corrected chi connectivity index (χ3v) is 6.72. The second kappa shape index (κ2) is 7.58. The van der Waals surface area contributed by atoms with Crippen LogP contribution in [0.2, 0.25) is 0 Å². The number of benzene rings is 2. The second-order valence-corrected chi connectivity index (χ2v) is 8.39. The first kappa shape index (κ1) is 19.8. The quantitative estimate of drug-likeness (QED) is 0.717. The van der Waals surface area contributed by atoms with Gasteiger partial charge in [0.2, 0.25) is 0 Å². The van der Waals surface area contributed by atoms with E-state index in [4.69, 9.17) is 0 Å². The van der Waals surface area contributed by atoms with Gasteiger partial charge in [-0.15, -0.1) is 12.4 Å². The van der Waals surface area contributed by atoms with Gasteiger partial charge in [0.1, 0.15) is 5.82 Å². The van der Waals surface area contributed by atoms with Crippen LogP contribution in [0.5, 0.6) is 0 Å². The van der Waals surface area contributed by atoms with Gasteiger partial charge in [-0.1, -0.05) is 24.3 Å². The van der Waals surface area contributed by atoms with Crippen molar-refractivity contribution >= 4 is 33.3 Å². The molecule has 0 aliphatic carbocycles. The molecule has 1 saturated heterocycles. The third-order valence-electron chi connectivity index (χ3n) is 4.98. The first-order valence-corrected chi connectivity index (χ1v) is 10.1. The summed E-state index contributed by atoms with van der Waals surface area (Å²) in [5.41, 5.74) is 1.47. The van der Waals surface area contributed by atoms with Gasteiger partial charge in [-0.3, -0.25) is 0 Å². The zero-order chi connectivity index (χ0) is 18.3. The smallest absolute Gasteiger partial charge is 0.283 e. The van der Waals surface area contributed by atoms with Crippen molar-refractivity contribution in [1.82, 2.24) is 14.5 Å². The van der Waals surface area contributed by atoms with Crippen LogP contribution in [0, 0.1) is 12.7 Å². The molecule has 1 fully saturated rings. The fraction of sp³-hybridized carbons (Fsp3) is 0.316. The minimum Gasteiger partial charge on any atom is -0.317 e. The van der Waals surface area contributed by atoms with Crippen LogP contribution in [0.25, 0.3) is 10.9 Å². The van der Waals surface area contributed by atoms with E-state index in [9.17, 15) is 12.8 Å². The minimum absolute atomic E-state index is 0. The Morgan fingerprint density at radius 3 is 2.52 bits per heavy atom. The van der Waals surface area contributed by atoms with Gasteiger partial charge in [-0.25, -0.2) is 4.39 Å². The Morgan fingerprint density at radius 2 is 1.81 bits per heavy atom. The summed E-state index contributed by atoms with van der Waals surface area (Å²) >= 11 is 0. The molecular weight excluding hydrogens is 389 g/mol. The van der Waals surface area contributed by atoms with Crippen LogP contribution < -0.4 is 5.32 Å². The van der Waals surface area contributed by atoms with Gasteiger partial charge in [-0.2, -0.15) is 17.6 Å². The minimum atomic E-state index is -3.91. The Hall–Kier alpha value is -1.96. The number of nitrogens with zero attached hydrogens (tertiary/aromatic N) is 2. The topological polar surface area (TPSA) is 64.0 Å². The first-order chi connectivity index (χ1) is 12.5. The summed E-state index contributed by atoms with van der Waals surface area (Å²) in [5, 5.41) is 8.01. The molecule has 1 aliphatic rings. The Morgan fingerprint density at radius 1 is 1.11 bits per heavy atom. The fourth-order valence-corrected chi connectivity index (χ4v) is 5.15. The molecule has 8 heteroatoms. The molecule has 144 valence electrons. The zero-order valence-electron chi connectivity index (χ0n) is 14.9. The van der Waals surface area contributed by atoms with E-state index in [-0.39, 0.29) is 23.2 Å². The van der Waals surface area contributed by atoms with E-state index >= 15 is 0 Å². The number of rotatable bonds is 3. The molecule has 2 aromatic carbocycles. The Kier molecular flexibility index (Phi) is 5.55. The van der Waals surface area contributed by atoms with Crippen molar-refractivity contribution in [2.24, 2.45) is 0 Å². The van der Waals surface area contributed by atoms with E-state index in [0.29, 0.717) is 22.2 Å². The lowest BCUT2D eigenvalue weighted by Crippen LogP contribution is -2.27. The van der Waals surface area contributed by atoms with E-state index < -0.39 is 15.8 Å². The summed E-state index contributed by atoms with van der Waals surface area (Å²) in [7, 11) is -3.91. The van der Waals surface area contributed by atoms with Gasteiger partial charge in [0, 0.05) is 5.92 Å². The summed E-state index contributed by atoms with van der Waals surface area (Å²) in [6.45, 7) is 3.38. The summed E-state index contributed by atoms with van der Waals surface area (Å²) in [6.07, 6.45) is 1.62. The maximum Gasteiger partial charge on any atom is 0.283 e. The predicted octanol–water partition coefficient (Wildman–Crippen LogP) is 3.61. The van der Waals surface area contributed by atoms with Crippen LogP contribution in [-0.2, 0) is 10.0 Å². The summed E-state index contributed by atoms with van der Waals surface area (Å²) in [4.78, 5) is 0.186. The first-order valence-electron chi connectivity index (χ1n) is 8.69. The lowest BCUT2D eigenvalue weighted by atomic mass is 9.92. The second-order valence-electron chi connectivity index (χ2n) is 6.66. The molecule has 5 nitrogen and oxygen atoms in total. The molecule has 3 aromatic rings. The monoisotopic (exact) mass is 409 g/mol. The van der Waals surface area contributed by atoms with Gasteiger partial charge in [-0.05, 0) is 56.6 Å². The standard InChI is InChI=1S/C19H20FN3O2S.ClH/c1-13-5-2-3-8-17(13)26(24,25)23-16-7-4-6-15(20)18(16)19(22-23)14-9-11-21-12-10-14;/h2-8,14,21H,9-12H2,1H3;1H. The lowest BCUT2D eigenvalue weighted by molar-refractivity contribution is 0.452. The van der Waals surface area contributed by atoms with Crippen LogP contribution in [-0.4, -0.2) is 30.7 Å². The molecule has 0 radical (unpaired) electrons. The van der Waals surface area contributed by atoms with E-state index in [2.05, 4.69) is 10.4 Å². The number of halogens is 2. The molecule has 0 spiro atoms. The average molecular weight is 410 g/mol. The Balaban J connectivity index is 0.00000210. The number of fused-ring (bicyclic) bond motifs is 1. The number of aromatic nitrogens is 2. The average Bonchev–Trinajstić information content (AvgIpc) is 3.04. The maximum atomic E-state index is 14.6. The van der Waals surface area contributed by atoms with E-state index in [1.54, 1.807) is 37.3 Å². The highest BCUT2D eigenvalue weighted by molar-refractivity contribution is 7.90. The number of hydrogen-bond acceptors (Lipinski definition) is 4. The fourth-order valence-electron chi connectivity index (χ4n) is 3.63. The van der Waals surface area contributed by atoms with Crippen LogP contribution in [0.1, 0.15) is 30.0 Å². The van der Waals surface area contributed by atoms with Crippen molar-refractivity contribution in [3.8, 4) is 0 Å². The SMILES string of the molecule is Cc1ccccc1S(=O)(=O)n1nc(C2CCNCC2)c2c(F)cccc21.Cl. The van der Waals surface area contributed by atoms with Gasteiger partial charge >= 0.3 is 0 Å². The predicted molar refractivity (Wildman–Crippen MR) is 106 cm³/mol. The molecule has 0 bridgehead atoms. The van der Waals surface area contributed by atoms with Crippen molar-refractivity contribution in [2.45, 2.75) is 30.6 Å². The number of nitrogens with one attached hydrogen (secondary N) is 1. The molecule has 1 N–H and O–H groups in total. The van der Waals surface area contributed by atoms with Gasteiger partial charge < -0.3 is 5.32 Å². The number of piperidine rings is 1. The van der Waals surface area contributed by atoms with Gasteiger partial charge in [0.15, 0.2) is 0 Å². The Labute approximate surface area is 164 Å². The highest BCUT2D eigenvalue weighted by Gasteiger charge is 2.29. The molecule has 0 atom stereocenters. The Bertz CT molecular complexity index is 1080. The van der Waals surface area contributed by atoms with E-state index in [1.807, 2.05) is 0 Å². The third kappa shape index (κ3) is 3.35. The highest BCUT2D eigenvalue weighted by Crippen LogP contribution is 2.34. The largest absolute Gasteiger partial charge is 0.317 e. The molecule has 0 saturated carbocycles. The summed E-state index contributed by atoms with van der Waals surface area (Å²) < 4.78 is 42.1. The molecule has 2 heterocycles. The van der Waals surface area contributed by atoms with Crippen molar-refractivity contribution in [3.63, 3.8) is 0 Å². The molecule has 1 aromatic heterocycles. The number of hydrogen-bond donors (Lipinski definition) is 1. The molecular formula is C19H21ClFN3O2S. The van der Waals surface area contributed by atoms with E-state index in [0.717, 1.165) is 30.0 Å². The maximum absolute atomic E-state index is 14.6. The molecule has 4 rings (SSSR count). The summed E-state index contributed by atoms with van der Waals surface area (Å²) in [6, 6.07) is 11.3. The highest BCUT2D eigenvalue weighted by atomic mass is 35.5. The van der Waals surface area contributed by atoms with E-state index in [1.165, 1.54) is 12.1 Å². The molecule has 27 heavy (non-hydrogen) atoms. The van der Waals surface area contributed by atoms with Crippen molar-refractivity contribution in [2.75, 3.05) is 13.1 Å². The van der Waals surface area contributed by atoms with Crippen molar-refractivity contribution < 1.29 is 12.8 Å². The van der Waals surface area contributed by atoms with Crippen molar-refractivity contribution in [1.29, 1.82) is 0 Å². The lowest BCUT2D eigenvalue weighted by Gasteiger charge is -2.21. The van der Waals surface area contributed by atoms with Gasteiger partial charge in [0.25, 0.3) is 10.0 Å². The van der Waals surface area contributed by atoms with Crippen LogP contribution >= 0.6 is 12.4 Å². The summed E-state index contributed by atoms with van der Waals surface area (Å²) in [5.74, 6) is -0.383. The van der Waals surface area contributed by atoms with Crippen LogP contribution in [0.15, 0.2) is 47.4 Å².